The molecule has 2 N–H and O–H groups in total. The third-order valence-electron chi connectivity index (χ3n) is 3.77. The molecule has 6 nitrogen and oxygen atoms in total. The number of nitrogens with zero attached hydrogens (tertiary/aromatic N) is 2. The molecule has 2 rings (SSSR count). The molecule has 0 heterocycles. The molecule has 0 aliphatic carbocycles. The van der Waals surface area contributed by atoms with E-state index in [4.69, 9.17) is 0 Å². The Morgan fingerprint density at radius 2 is 1.11 bits per heavy atom. The van der Waals surface area contributed by atoms with Gasteiger partial charge in [0, 0.05) is 12.8 Å². The van der Waals surface area contributed by atoms with Crippen molar-refractivity contribution in [2.45, 2.75) is 33.1 Å². The summed E-state index contributed by atoms with van der Waals surface area (Å²) in [5.74, 6) is -0.455. The Hall–Kier alpha value is -3.28. The number of rotatable bonds is 8. The zero-order valence-corrected chi connectivity index (χ0v) is 15.6. The van der Waals surface area contributed by atoms with Gasteiger partial charge in [-0.3, -0.25) is 9.59 Å². The second-order valence-corrected chi connectivity index (χ2v) is 6.26. The minimum Gasteiger partial charge on any atom is -0.273 e. The number of nitrogens with one attached hydrogen (secondary N) is 2. The molecule has 0 spiro atoms. The van der Waals surface area contributed by atoms with E-state index in [1.54, 1.807) is 12.4 Å². The lowest BCUT2D eigenvalue weighted by atomic mass is 10.2. The minimum absolute atomic E-state index is 0.223. The molecule has 0 saturated carbocycles. The molecule has 0 aromatic heterocycles. The largest absolute Gasteiger partial charge is 0.273 e. The van der Waals surface area contributed by atoms with Crippen LogP contribution in [0.25, 0.3) is 0 Å². The third-order valence-corrected chi connectivity index (χ3v) is 3.77. The van der Waals surface area contributed by atoms with Gasteiger partial charge in [0.15, 0.2) is 0 Å². The Morgan fingerprint density at radius 3 is 1.48 bits per heavy atom. The highest BCUT2D eigenvalue weighted by Crippen LogP contribution is 2.01. The molecule has 0 radical (unpaired) electrons. The van der Waals surface area contributed by atoms with Gasteiger partial charge >= 0.3 is 0 Å². The number of hydrogen-bond acceptors (Lipinski definition) is 4. The summed E-state index contributed by atoms with van der Waals surface area (Å²) in [7, 11) is 0. The predicted octanol–water partition coefficient (Wildman–Crippen LogP) is 3.07. The molecule has 27 heavy (non-hydrogen) atoms. The van der Waals surface area contributed by atoms with Crippen LogP contribution >= 0.6 is 0 Å². The summed E-state index contributed by atoms with van der Waals surface area (Å²) in [5, 5.41) is 7.82. The van der Waals surface area contributed by atoms with Crippen molar-refractivity contribution in [2.24, 2.45) is 10.2 Å². The summed E-state index contributed by atoms with van der Waals surface area (Å²) in [4.78, 5) is 23.4. The van der Waals surface area contributed by atoms with Crippen LogP contribution in [-0.2, 0) is 9.59 Å². The van der Waals surface area contributed by atoms with Gasteiger partial charge in [-0.1, -0.05) is 59.7 Å². The van der Waals surface area contributed by atoms with E-state index >= 15 is 0 Å². The maximum Gasteiger partial charge on any atom is 0.240 e. The molecule has 0 fully saturated rings. The number of aryl methyl sites for hydroxylation is 2. The summed E-state index contributed by atoms with van der Waals surface area (Å²) in [6.45, 7) is 4.01. The first-order valence-electron chi connectivity index (χ1n) is 8.80. The first-order valence-corrected chi connectivity index (χ1v) is 8.80. The smallest absolute Gasteiger partial charge is 0.240 e. The van der Waals surface area contributed by atoms with Crippen molar-refractivity contribution >= 4 is 24.2 Å². The van der Waals surface area contributed by atoms with Crippen LogP contribution in [-0.4, -0.2) is 24.2 Å². The molecule has 140 valence electrons. The molecule has 0 aliphatic heterocycles. The average molecular weight is 364 g/mol. The molecular weight excluding hydrogens is 340 g/mol. The van der Waals surface area contributed by atoms with Gasteiger partial charge in [-0.25, -0.2) is 10.9 Å². The van der Waals surface area contributed by atoms with Crippen molar-refractivity contribution in [3.05, 3.63) is 70.8 Å². The fourth-order valence-electron chi connectivity index (χ4n) is 2.18. The molecule has 0 unspecified atom stereocenters. The highest BCUT2D eigenvalue weighted by molar-refractivity contribution is 5.84. The van der Waals surface area contributed by atoms with E-state index < -0.39 is 0 Å². The van der Waals surface area contributed by atoms with E-state index in [0.717, 1.165) is 22.3 Å². The van der Waals surface area contributed by atoms with E-state index in [-0.39, 0.29) is 24.7 Å². The van der Waals surface area contributed by atoms with Crippen LogP contribution in [0.1, 0.15) is 41.5 Å². The van der Waals surface area contributed by atoms with Gasteiger partial charge in [0.25, 0.3) is 0 Å². The fourth-order valence-corrected chi connectivity index (χ4v) is 2.18. The van der Waals surface area contributed by atoms with Gasteiger partial charge in [0.1, 0.15) is 0 Å². The first-order chi connectivity index (χ1) is 13.0. The molecule has 0 saturated heterocycles. The van der Waals surface area contributed by atoms with Gasteiger partial charge < -0.3 is 0 Å². The molecular formula is C21H24N4O2. The number of carbonyl (C=O) groups excluding carboxylic acids is 2. The van der Waals surface area contributed by atoms with Crippen molar-refractivity contribution in [1.29, 1.82) is 0 Å². The van der Waals surface area contributed by atoms with Gasteiger partial charge in [-0.2, -0.15) is 10.2 Å². The third kappa shape index (κ3) is 8.09. The molecule has 0 atom stereocenters. The van der Waals surface area contributed by atoms with Crippen LogP contribution in [0.15, 0.2) is 58.7 Å². The molecule has 2 aromatic rings. The Labute approximate surface area is 159 Å². The highest BCUT2D eigenvalue weighted by Gasteiger charge is 2.03. The predicted molar refractivity (Wildman–Crippen MR) is 108 cm³/mol. The van der Waals surface area contributed by atoms with Crippen LogP contribution in [0.2, 0.25) is 0 Å². The molecule has 0 bridgehead atoms. The van der Waals surface area contributed by atoms with Crippen molar-refractivity contribution in [3.8, 4) is 0 Å². The lowest BCUT2D eigenvalue weighted by Crippen LogP contribution is -2.20. The lowest BCUT2D eigenvalue weighted by Gasteiger charge is -2.01. The number of hydrazone groups is 2. The summed E-state index contributed by atoms with van der Waals surface area (Å²) in [6, 6.07) is 15.6. The highest BCUT2D eigenvalue weighted by atomic mass is 16.2. The number of amides is 2. The van der Waals surface area contributed by atoms with Crippen LogP contribution in [0.3, 0.4) is 0 Å². The van der Waals surface area contributed by atoms with E-state index in [9.17, 15) is 9.59 Å². The topological polar surface area (TPSA) is 82.9 Å². The zero-order chi connectivity index (χ0) is 19.5. The van der Waals surface area contributed by atoms with E-state index in [2.05, 4.69) is 21.1 Å². The Bertz CT molecular complexity index is 740. The lowest BCUT2D eigenvalue weighted by molar-refractivity contribution is -0.122. The molecule has 0 aliphatic rings. The van der Waals surface area contributed by atoms with Crippen LogP contribution in [0, 0.1) is 13.8 Å². The first kappa shape index (κ1) is 20.0. The molecule has 2 aromatic carbocycles. The van der Waals surface area contributed by atoms with Gasteiger partial charge in [0.05, 0.1) is 12.4 Å². The van der Waals surface area contributed by atoms with E-state index in [0.29, 0.717) is 6.42 Å². The fraction of sp³-hybridized carbons (Fsp3) is 0.238. The maximum atomic E-state index is 11.7. The molecule has 2 amide bonds. The second kappa shape index (κ2) is 10.7. The van der Waals surface area contributed by atoms with Gasteiger partial charge in [0.2, 0.25) is 11.8 Å². The Morgan fingerprint density at radius 1 is 0.741 bits per heavy atom. The normalized spacial score (nSPS) is 11.0. The van der Waals surface area contributed by atoms with Crippen molar-refractivity contribution in [2.75, 3.05) is 0 Å². The van der Waals surface area contributed by atoms with Crippen LogP contribution < -0.4 is 10.9 Å². The average Bonchev–Trinajstić information content (AvgIpc) is 2.65. The number of hydrogen-bond donors (Lipinski definition) is 2. The van der Waals surface area contributed by atoms with E-state index in [1.165, 1.54) is 0 Å². The van der Waals surface area contributed by atoms with Crippen LogP contribution in [0.4, 0.5) is 0 Å². The number of benzene rings is 2. The zero-order valence-electron chi connectivity index (χ0n) is 15.6. The van der Waals surface area contributed by atoms with Crippen molar-refractivity contribution in [1.82, 2.24) is 10.9 Å². The monoisotopic (exact) mass is 364 g/mol. The quantitative estimate of drug-likeness (QED) is 0.557. The summed E-state index contributed by atoms with van der Waals surface area (Å²) >= 11 is 0. The van der Waals surface area contributed by atoms with Crippen molar-refractivity contribution < 1.29 is 9.59 Å². The Balaban J connectivity index is 1.61. The molecule has 6 heteroatoms. The number of carbonyl (C=O) groups is 2. The second-order valence-electron chi connectivity index (χ2n) is 6.26. The summed E-state index contributed by atoms with van der Waals surface area (Å²) in [5.41, 5.74) is 9.06. The van der Waals surface area contributed by atoms with Gasteiger partial charge in [-0.05, 0) is 31.4 Å². The summed E-state index contributed by atoms with van der Waals surface area (Å²) in [6.07, 6.45) is 4.05. The van der Waals surface area contributed by atoms with Crippen molar-refractivity contribution in [3.63, 3.8) is 0 Å². The minimum atomic E-state index is -0.227. The summed E-state index contributed by atoms with van der Waals surface area (Å²) < 4.78 is 0. The van der Waals surface area contributed by atoms with Gasteiger partial charge in [-0.15, -0.1) is 0 Å². The standard InChI is InChI=1S/C21H24N4O2/c1-16-6-10-18(11-7-16)14-22-24-20(26)4-3-5-21(27)25-23-15-19-12-8-17(2)9-13-19/h6-15H,3-5H2,1-2H3,(H,24,26)(H,25,27). The maximum absolute atomic E-state index is 11.7. The van der Waals surface area contributed by atoms with Crippen LogP contribution in [0.5, 0.6) is 0 Å². The Kier molecular flexibility index (Phi) is 7.91. The SMILES string of the molecule is Cc1ccc(C=NNC(=O)CCCC(=O)NN=Cc2ccc(C)cc2)cc1. The van der Waals surface area contributed by atoms with E-state index in [1.807, 2.05) is 62.4 Å².